The molecule has 15 nitrogen and oxygen atoms in total. The first-order valence-electron chi connectivity index (χ1n) is 29.4. The third-order valence-electron chi connectivity index (χ3n) is 11.9. The van der Waals surface area contributed by atoms with Gasteiger partial charge in [-0.25, -0.2) is 0 Å². The van der Waals surface area contributed by atoms with Crippen LogP contribution in [0.5, 0.6) is 0 Å². The van der Waals surface area contributed by atoms with Crippen LogP contribution in [0.2, 0.25) is 0 Å². The van der Waals surface area contributed by atoms with Crippen LogP contribution in [0.3, 0.4) is 0 Å². The Labute approximate surface area is 461 Å². The summed E-state index contributed by atoms with van der Waals surface area (Å²) >= 11 is 0. The Morgan fingerprint density at radius 2 is 0.760 bits per heavy atom. The summed E-state index contributed by atoms with van der Waals surface area (Å²) in [5.74, 6) is 0.480. The fourth-order valence-corrected chi connectivity index (χ4v) is 8.32. The third kappa shape index (κ3) is 50.3. The molecule has 0 aliphatic heterocycles. The van der Waals surface area contributed by atoms with Gasteiger partial charge in [0.05, 0.1) is 77.6 Å². The van der Waals surface area contributed by atoms with Crippen LogP contribution >= 0.6 is 0 Å². The largest absolute Gasteiger partial charge is 0.379 e. The van der Waals surface area contributed by atoms with Crippen molar-refractivity contribution in [2.24, 2.45) is 5.41 Å². The Hall–Kier alpha value is -1.63. The molecule has 0 aromatic heterocycles. The number of Topliss-reactive ketones (excluding diaryl/α,β-unsaturated/α-hetero) is 2. The normalized spacial score (nSPS) is 14.7. The van der Waals surface area contributed by atoms with E-state index in [9.17, 15) is 14.4 Å². The molecule has 0 aromatic rings. The number of nitrogens with one attached hydrogen (secondary N) is 6. The topological polar surface area (TPSA) is 179 Å². The molecule has 1 amide bonds. The zero-order valence-corrected chi connectivity index (χ0v) is 52.0. The van der Waals surface area contributed by atoms with Crippen molar-refractivity contribution < 1.29 is 42.8 Å². The quantitative estimate of drug-likeness (QED) is 0.0318. The lowest BCUT2D eigenvalue weighted by molar-refractivity contribution is -0.124. The lowest BCUT2D eigenvalue weighted by atomic mass is 9.89. The van der Waals surface area contributed by atoms with E-state index >= 15 is 0 Å². The molecule has 0 fully saturated rings. The van der Waals surface area contributed by atoms with Crippen LogP contribution in [-0.2, 0) is 42.8 Å². The standard InChI is InChI=1S/C60H122N6O9/c1-55(2,3)33-23-19-20-30-51(66-60(16,17)18)54(69)61-36-39-72-44-45-75-48(46-73-42-40-70-37-26-31-52(67)49(64-58(10,11)12)28-21-24-34-62-56(4,5)6)47-74-43-41-71-38-27-32-53(68)50(65-59(13,14)15)29-22-25-35-63-57(7,8)9/h48-51,62-66H,19-47H2,1-18H3,(H,61,69). The van der Waals surface area contributed by atoms with Gasteiger partial charge in [-0.3, -0.25) is 14.4 Å². The minimum absolute atomic E-state index is 0.00551. The molecular formula is C60H122N6O9. The van der Waals surface area contributed by atoms with Crippen molar-refractivity contribution >= 4 is 17.5 Å². The highest BCUT2D eigenvalue weighted by molar-refractivity contribution is 5.84. The third-order valence-corrected chi connectivity index (χ3v) is 11.9. The summed E-state index contributed by atoms with van der Waals surface area (Å²) in [5, 5.41) is 20.7. The van der Waals surface area contributed by atoms with E-state index in [4.69, 9.17) is 28.4 Å². The molecule has 15 heteroatoms. The highest BCUT2D eigenvalue weighted by Gasteiger charge is 2.26. The second-order valence-electron chi connectivity index (χ2n) is 27.3. The van der Waals surface area contributed by atoms with Gasteiger partial charge in [-0.2, -0.15) is 0 Å². The average molecular weight is 1070 g/mol. The Morgan fingerprint density at radius 3 is 1.19 bits per heavy atom. The maximum absolute atomic E-state index is 13.3. The lowest BCUT2D eigenvalue weighted by Gasteiger charge is -2.28. The van der Waals surface area contributed by atoms with E-state index in [1.807, 2.05) is 0 Å². The Morgan fingerprint density at radius 1 is 0.373 bits per heavy atom. The number of carbonyl (C=O) groups excluding carboxylic acids is 3. The van der Waals surface area contributed by atoms with Crippen molar-refractivity contribution in [1.29, 1.82) is 0 Å². The van der Waals surface area contributed by atoms with Gasteiger partial charge in [0.2, 0.25) is 5.91 Å². The maximum Gasteiger partial charge on any atom is 0.237 e. The molecule has 6 N–H and O–H groups in total. The Bertz CT molecular complexity index is 1370. The molecule has 0 aliphatic carbocycles. The predicted octanol–water partition coefficient (Wildman–Crippen LogP) is 9.65. The first kappa shape index (κ1) is 73.4. The second-order valence-corrected chi connectivity index (χ2v) is 27.3. The van der Waals surface area contributed by atoms with Crippen molar-refractivity contribution in [3.8, 4) is 0 Å². The molecule has 0 aromatic carbocycles. The van der Waals surface area contributed by atoms with Gasteiger partial charge in [0, 0.05) is 60.3 Å². The molecule has 0 bridgehead atoms. The SMILES string of the molecule is CC(C)(C)CCCCCC(NC(C)(C)C)C(=O)NCCOCCOC(COCCOCCCC(=O)C(CCCCNC(C)(C)C)NC(C)(C)C)COCCOCCCC(=O)C(CCCCNC(C)(C)C)NC(C)(C)C. The van der Waals surface area contributed by atoms with Crippen molar-refractivity contribution in [1.82, 2.24) is 31.9 Å². The van der Waals surface area contributed by atoms with Crippen molar-refractivity contribution in [2.45, 2.75) is 273 Å². The molecule has 0 heterocycles. The molecule has 75 heavy (non-hydrogen) atoms. The molecule has 0 rings (SSSR count). The summed E-state index contributed by atoms with van der Waals surface area (Å²) in [6, 6.07) is -0.579. The highest BCUT2D eigenvalue weighted by atomic mass is 16.6. The molecule has 0 saturated heterocycles. The number of ether oxygens (including phenoxy) is 6. The van der Waals surface area contributed by atoms with Crippen LogP contribution in [-0.4, -0.2) is 162 Å². The summed E-state index contributed by atoms with van der Waals surface area (Å²) in [4.78, 5) is 39.7. The number of unbranched alkanes of at least 4 members (excludes halogenated alkanes) is 4. The minimum Gasteiger partial charge on any atom is -0.379 e. The van der Waals surface area contributed by atoms with Gasteiger partial charge in [-0.05, 0) is 174 Å². The Kier molecular flexibility index (Phi) is 38.8. The summed E-state index contributed by atoms with van der Waals surface area (Å²) in [5.41, 5.74) is 0.0366. The van der Waals surface area contributed by atoms with Crippen LogP contribution in [0.4, 0.5) is 0 Å². The zero-order valence-electron chi connectivity index (χ0n) is 52.0. The first-order chi connectivity index (χ1) is 34.8. The monoisotopic (exact) mass is 1070 g/mol. The van der Waals surface area contributed by atoms with E-state index in [2.05, 4.69) is 157 Å². The van der Waals surface area contributed by atoms with Gasteiger partial charge < -0.3 is 60.3 Å². The molecule has 3 unspecified atom stereocenters. The summed E-state index contributed by atoms with van der Waals surface area (Å²) < 4.78 is 35.8. The lowest BCUT2D eigenvalue weighted by Crippen LogP contribution is -2.52. The molecule has 0 spiro atoms. The number of carbonyl (C=O) groups is 3. The molecule has 0 aliphatic rings. The fourth-order valence-electron chi connectivity index (χ4n) is 8.32. The number of amides is 1. The highest BCUT2D eigenvalue weighted by Crippen LogP contribution is 2.23. The van der Waals surface area contributed by atoms with Crippen LogP contribution in [0.15, 0.2) is 0 Å². The summed E-state index contributed by atoms with van der Waals surface area (Å²) in [7, 11) is 0. The number of ketones is 2. The van der Waals surface area contributed by atoms with Crippen molar-refractivity contribution in [3.05, 3.63) is 0 Å². The second kappa shape index (κ2) is 39.7. The van der Waals surface area contributed by atoms with E-state index in [0.717, 1.165) is 70.9 Å². The van der Waals surface area contributed by atoms with Gasteiger partial charge in [0.15, 0.2) is 0 Å². The van der Waals surface area contributed by atoms with Crippen LogP contribution in [0.1, 0.15) is 221 Å². The number of rotatable bonds is 46. The van der Waals surface area contributed by atoms with E-state index < -0.39 is 0 Å². The van der Waals surface area contributed by atoms with Gasteiger partial charge in [-0.15, -0.1) is 0 Å². The van der Waals surface area contributed by atoms with Crippen molar-refractivity contribution in [3.63, 3.8) is 0 Å². The number of hydrogen-bond donors (Lipinski definition) is 6. The van der Waals surface area contributed by atoms with Crippen LogP contribution in [0, 0.1) is 5.41 Å². The Balaban J connectivity index is 5.05. The molecule has 0 radical (unpaired) electrons. The summed E-state index contributed by atoms with van der Waals surface area (Å²) in [6.07, 6.45) is 12.9. The minimum atomic E-state index is -0.343. The van der Waals surface area contributed by atoms with E-state index in [1.54, 1.807) is 0 Å². The number of hydrogen-bond acceptors (Lipinski definition) is 14. The van der Waals surface area contributed by atoms with Crippen LogP contribution in [0.25, 0.3) is 0 Å². The predicted molar refractivity (Wildman–Crippen MR) is 311 cm³/mol. The van der Waals surface area contributed by atoms with Crippen molar-refractivity contribution in [2.75, 3.05) is 92.3 Å². The van der Waals surface area contributed by atoms with Gasteiger partial charge in [-0.1, -0.05) is 52.9 Å². The molecular weight excluding hydrogens is 949 g/mol. The molecule has 3 atom stereocenters. The first-order valence-corrected chi connectivity index (χ1v) is 29.4. The smallest absolute Gasteiger partial charge is 0.237 e. The molecule has 446 valence electrons. The fraction of sp³-hybridized carbons (Fsp3) is 0.950. The zero-order chi connectivity index (χ0) is 57.0. The van der Waals surface area contributed by atoms with Crippen LogP contribution < -0.4 is 31.9 Å². The molecule has 0 saturated carbocycles. The van der Waals surface area contributed by atoms with E-state index in [0.29, 0.717) is 110 Å². The summed E-state index contributed by atoms with van der Waals surface area (Å²) in [6.45, 7) is 45.3. The maximum atomic E-state index is 13.3. The average Bonchev–Trinajstić information content (AvgIpc) is 3.25. The van der Waals surface area contributed by atoms with Gasteiger partial charge in [0.1, 0.15) is 17.7 Å². The van der Waals surface area contributed by atoms with E-state index in [-0.39, 0.29) is 69.4 Å². The van der Waals surface area contributed by atoms with Gasteiger partial charge >= 0.3 is 0 Å². The van der Waals surface area contributed by atoms with Gasteiger partial charge in [0.25, 0.3) is 0 Å². The van der Waals surface area contributed by atoms with E-state index in [1.165, 1.54) is 12.8 Å².